The largest absolute Gasteiger partial charge is 0.497 e. The van der Waals surface area contributed by atoms with Crippen molar-refractivity contribution in [2.24, 2.45) is 0 Å². The van der Waals surface area contributed by atoms with Crippen LogP contribution in [0, 0.1) is 5.82 Å². The molecular formula is C14H23FN2O3S. The summed E-state index contributed by atoms with van der Waals surface area (Å²) >= 11 is 0. The molecule has 0 bridgehead atoms. The number of nitrogens with one attached hydrogen (secondary N) is 2. The second-order valence-electron chi connectivity index (χ2n) is 5.08. The molecule has 0 amide bonds. The highest BCUT2D eigenvalue weighted by Gasteiger charge is 2.13. The van der Waals surface area contributed by atoms with Gasteiger partial charge in [0.25, 0.3) is 0 Å². The Morgan fingerprint density at radius 3 is 2.62 bits per heavy atom. The first-order chi connectivity index (χ1) is 9.84. The lowest BCUT2D eigenvalue weighted by atomic mass is 10.3. The fourth-order valence-corrected chi connectivity index (χ4v) is 2.91. The molecule has 0 fully saturated rings. The lowest BCUT2D eigenvalue weighted by Crippen LogP contribution is -2.24. The fourth-order valence-electron chi connectivity index (χ4n) is 1.74. The Balaban J connectivity index is 2.52. The minimum atomic E-state index is -3.56. The minimum Gasteiger partial charge on any atom is -0.497 e. The van der Waals surface area contributed by atoms with E-state index in [-0.39, 0.29) is 11.4 Å². The van der Waals surface area contributed by atoms with Gasteiger partial charge < -0.3 is 10.1 Å². The highest BCUT2D eigenvalue weighted by Crippen LogP contribution is 2.22. The fraction of sp³-hybridized carbons (Fsp3) is 0.571. The van der Waals surface area contributed by atoms with Crippen LogP contribution in [0.2, 0.25) is 0 Å². The molecule has 21 heavy (non-hydrogen) atoms. The SMILES string of the molecule is COc1ccc(F)c(NS(=O)(=O)CCCCNC(C)C)c1. The Hall–Kier alpha value is -1.34. The molecule has 120 valence electrons. The molecule has 0 atom stereocenters. The third-order valence-corrected chi connectivity index (χ3v) is 4.19. The van der Waals surface area contributed by atoms with Crippen LogP contribution in [-0.4, -0.2) is 33.9 Å². The average molecular weight is 318 g/mol. The standard InChI is InChI=1S/C14H23FN2O3S/c1-11(2)16-8-4-5-9-21(18,19)17-14-10-12(20-3)6-7-13(14)15/h6-7,10-11,16-17H,4-5,8-9H2,1-3H3. The third-order valence-electron chi connectivity index (χ3n) is 2.83. The van der Waals surface area contributed by atoms with E-state index in [4.69, 9.17) is 4.74 Å². The Bertz CT molecular complexity index is 547. The number of unbranched alkanes of at least 4 members (excludes halogenated alkanes) is 1. The summed E-state index contributed by atoms with van der Waals surface area (Å²) in [4.78, 5) is 0. The van der Waals surface area contributed by atoms with E-state index in [1.807, 2.05) is 13.8 Å². The second kappa shape index (κ2) is 8.19. The Morgan fingerprint density at radius 2 is 2.00 bits per heavy atom. The number of halogens is 1. The van der Waals surface area contributed by atoms with Gasteiger partial charge in [-0.25, -0.2) is 12.8 Å². The van der Waals surface area contributed by atoms with Gasteiger partial charge in [-0.2, -0.15) is 0 Å². The van der Waals surface area contributed by atoms with Crippen LogP contribution >= 0.6 is 0 Å². The molecular weight excluding hydrogens is 295 g/mol. The summed E-state index contributed by atoms with van der Waals surface area (Å²) in [5, 5.41) is 3.21. The lowest BCUT2D eigenvalue weighted by Gasteiger charge is -2.11. The molecule has 2 N–H and O–H groups in total. The predicted molar refractivity (Wildman–Crippen MR) is 82.7 cm³/mol. The Morgan fingerprint density at radius 1 is 1.29 bits per heavy atom. The van der Waals surface area contributed by atoms with Crippen LogP contribution in [0.3, 0.4) is 0 Å². The molecule has 1 aromatic rings. The second-order valence-corrected chi connectivity index (χ2v) is 6.92. The maximum atomic E-state index is 13.6. The van der Waals surface area contributed by atoms with E-state index >= 15 is 0 Å². The zero-order valence-corrected chi connectivity index (χ0v) is 13.5. The highest BCUT2D eigenvalue weighted by molar-refractivity contribution is 7.92. The summed E-state index contributed by atoms with van der Waals surface area (Å²) in [6, 6.07) is 4.31. The van der Waals surface area contributed by atoms with Crippen LogP contribution in [-0.2, 0) is 10.0 Å². The topological polar surface area (TPSA) is 67.4 Å². The number of benzene rings is 1. The molecule has 0 radical (unpaired) electrons. The molecule has 1 rings (SSSR count). The first-order valence-electron chi connectivity index (χ1n) is 6.91. The maximum absolute atomic E-state index is 13.6. The van der Waals surface area contributed by atoms with Gasteiger partial charge in [-0.05, 0) is 31.5 Å². The van der Waals surface area contributed by atoms with Crippen molar-refractivity contribution in [3.8, 4) is 5.75 Å². The number of sulfonamides is 1. The molecule has 5 nitrogen and oxygen atoms in total. The van der Waals surface area contributed by atoms with Gasteiger partial charge in [-0.1, -0.05) is 13.8 Å². The van der Waals surface area contributed by atoms with Crippen LogP contribution in [0.1, 0.15) is 26.7 Å². The van der Waals surface area contributed by atoms with Crippen molar-refractivity contribution in [1.29, 1.82) is 0 Å². The molecule has 0 spiro atoms. The van der Waals surface area contributed by atoms with E-state index < -0.39 is 15.8 Å². The molecule has 0 heterocycles. The van der Waals surface area contributed by atoms with Crippen LogP contribution in [0.5, 0.6) is 5.75 Å². The van der Waals surface area contributed by atoms with Crippen molar-refractivity contribution in [1.82, 2.24) is 5.32 Å². The molecule has 0 aromatic heterocycles. The molecule has 7 heteroatoms. The molecule has 0 aliphatic rings. The van der Waals surface area contributed by atoms with E-state index in [0.717, 1.165) is 13.0 Å². The summed E-state index contributed by atoms with van der Waals surface area (Å²) in [6.45, 7) is 4.83. The summed E-state index contributed by atoms with van der Waals surface area (Å²) < 4.78 is 44.6. The van der Waals surface area contributed by atoms with Gasteiger partial charge in [0.15, 0.2) is 0 Å². The smallest absolute Gasteiger partial charge is 0.232 e. The number of methoxy groups -OCH3 is 1. The van der Waals surface area contributed by atoms with E-state index in [2.05, 4.69) is 10.0 Å². The average Bonchev–Trinajstić information content (AvgIpc) is 2.40. The van der Waals surface area contributed by atoms with Gasteiger partial charge in [-0.3, -0.25) is 4.72 Å². The van der Waals surface area contributed by atoms with E-state index in [9.17, 15) is 12.8 Å². The maximum Gasteiger partial charge on any atom is 0.232 e. The van der Waals surface area contributed by atoms with Gasteiger partial charge in [0.05, 0.1) is 18.6 Å². The number of hydrogen-bond donors (Lipinski definition) is 2. The van der Waals surface area contributed by atoms with Crippen LogP contribution < -0.4 is 14.8 Å². The highest BCUT2D eigenvalue weighted by atomic mass is 32.2. The zero-order valence-electron chi connectivity index (χ0n) is 12.6. The number of ether oxygens (including phenoxy) is 1. The van der Waals surface area contributed by atoms with Crippen molar-refractivity contribution in [3.05, 3.63) is 24.0 Å². The normalized spacial score (nSPS) is 11.7. The van der Waals surface area contributed by atoms with Crippen molar-refractivity contribution < 1.29 is 17.5 Å². The molecule has 0 aliphatic heterocycles. The quantitative estimate of drug-likeness (QED) is 0.686. The van der Waals surface area contributed by atoms with Gasteiger partial charge in [-0.15, -0.1) is 0 Å². The molecule has 0 aliphatic carbocycles. The minimum absolute atomic E-state index is 0.0383. The van der Waals surface area contributed by atoms with Crippen molar-refractivity contribution in [3.63, 3.8) is 0 Å². The van der Waals surface area contributed by atoms with Crippen molar-refractivity contribution in [2.45, 2.75) is 32.7 Å². The first kappa shape index (κ1) is 17.7. The van der Waals surface area contributed by atoms with Gasteiger partial charge in [0, 0.05) is 12.1 Å². The summed E-state index contributed by atoms with van der Waals surface area (Å²) in [6.07, 6.45) is 1.26. The first-order valence-corrected chi connectivity index (χ1v) is 8.56. The number of anilines is 1. The van der Waals surface area contributed by atoms with Crippen LogP contribution in [0.4, 0.5) is 10.1 Å². The van der Waals surface area contributed by atoms with Crippen molar-refractivity contribution in [2.75, 3.05) is 24.1 Å². The van der Waals surface area contributed by atoms with Crippen LogP contribution in [0.25, 0.3) is 0 Å². The van der Waals surface area contributed by atoms with E-state index in [1.165, 1.54) is 25.3 Å². The monoisotopic (exact) mass is 318 g/mol. The van der Waals surface area contributed by atoms with E-state index in [0.29, 0.717) is 18.2 Å². The third kappa shape index (κ3) is 6.77. The van der Waals surface area contributed by atoms with Crippen molar-refractivity contribution >= 4 is 15.7 Å². The van der Waals surface area contributed by atoms with Gasteiger partial charge in [0.2, 0.25) is 10.0 Å². The molecule has 0 unspecified atom stereocenters. The number of rotatable bonds is 9. The Labute approximate surface area is 125 Å². The van der Waals surface area contributed by atoms with E-state index in [1.54, 1.807) is 0 Å². The Kier molecular flexibility index (Phi) is 6.91. The predicted octanol–water partition coefficient (Wildman–Crippen LogP) is 2.35. The summed E-state index contributed by atoms with van der Waals surface area (Å²) in [5.74, 6) is -0.264. The van der Waals surface area contributed by atoms with Gasteiger partial charge in [0.1, 0.15) is 11.6 Å². The molecule has 1 aromatic carbocycles. The molecule has 0 saturated carbocycles. The van der Waals surface area contributed by atoms with Crippen LogP contribution in [0.15, 0.2) is 18.2 Å². The lowest BCUT2D eigenvalue weighted by molar-refractivity contribution is 0.414. The van der Waals surface area contributed by atoms with Gasteiger partial charge >= 0.3 is 0 Å². The molecule has 0 saturated heterocycles. The summed E-state index contributed by atoms with van der Waals surface area (Å²) in [5.41, 5.74) is -0.0883. The summed E-state index contributed by atoms with van der Waals surface area (Å²) in [7, 11) is -2.12. The zero-order chi connectivity index (χ0) is 15.9. The number of hydrogen-bond acceptors (Lipinski definition) is 4.